The quantitative estimate of drug-likeness (QED) is 0.577. The van der Waals surface area contributed by atoms with Gasteiger partial charge in [0.25, 0.3) is 0 Å². The fourth-order valence-corrected chi connectivity index (χ4v) is 2.82. The Morgan fingerprint density at radius 3 is 2.71 bits per heavy atom. The molecule has 0 radical (unpaired) electrons. The molecule has 0 nitrogen and oxygen atoms in total. The number of aryl methyl sites for hydroxylation is 2. The normalized spacial score (nSPS) is 12.9. The van der Waals surface area contributed by atoms with E-state index in [-0.39, 0.29) is 0 Å². The number of alkyl halides is 1. The van der Waals surface area contributed by atoms with E-state index in [1.165, 1.54) is 21.8 Å². The van der Waals surface area contributed by atoms with Crippen molar-refractivity contribution < 1.29 is 0 Å². The lowest BCUT2D eigenvalue weighted by Gasteiger charge is -2.09. The molecule has 1 aromatic rings. The lowest BCUT2D eigenvalue weighted by atomic mass is 10.2. The van der Waals surface area contributed by atoms with Crippen LogP contribution in [-0.4, -0.2) is 11.1 Å². The molecule has 1 rings (SSSR count). The van der Waals surface area contributed by atoms with Crippen LogP contribution in [0.5, 0.6) is 0 Å². The number of halogens is 1. The van der Waals surface area contributed by atoms with Crippen molar-refractivity contribution >= 4 is 27.7 Å². The van der Waals surface area contributed by atoms with E-state index in [1.807, 2.05) is 11.8 Å². The molecule has 1 aromatic carbocycles. The van der Waals surface area contributed by atoms with Gasteiger partial charge in [-0.3, -0.25) is 0 Å². The fourth-order valence-electron chi connectivity index (χ4n) is 1.14. The molecule has 0 heterocycles. The van der Waals surface area contributed by atoms with Crippen molar-refractivity contribution in [1.29, 1.82) is 0 Å². The fraction of sp³-hybridized carbons (Fsp3) is 0.500. The van der Waals surface area contributed by atoms with Crippen LogP contribution >= 0.6 is 27.7 Å². The van der Waals surface area contributed by atoms with Crippen molar-refractivity contribution in [3.63, 3.8) is 0 Å². The molecule has 14 heavy (non-hydrogen) atoms. The van der Waals surface area contributed by atoms with Crippen molar-refractivity contribution in [3.05, 3.63) is 29.3 Å². The zero-order valence-corrected chi connectivity index (χ0v) is 11.4. The Balaban J connectivity index is 2.62. The standard InChI is InChI=1S/C12H17BrS/c1-9-4-5-11(3)12(6-9)14-8-10(2)7-13/h4-6,10H,7-8H2,1-3H3. The van der Waals surface area contributed by atoms with E-state index in [1.54, 1.807) is 0 Å². The molecule has 0 aliphatic heterocycles. The lowest BCUT2D eigenvalue weighted by Crippen LogP contribution is -1.99. The predicted octanol–water partition coefficient (Wildman–Crippen LogP) is 4.43. The third-order valence-electron chi connectivity index (χ3n) is 2.13. The van der Waals surface area contributed by atoms with Gasteiger partial charge in [-0.25, -0.2) is 0 Å². The minimum absolute atomic E-state index is 0.736. The topological polar surface area (TPSA) is 0 Å². The molecule has 0 amide bonds. The first-order valence-electron chi connectivity index (χ1n) is 4.89. The van der Waals surface area contributed by atoms with Crippen molar-refractivity contribution in [3.8, 4) is 0 Å². The van der Waals surface area contributed by atoms with Gasteiger partial charge in [-0.05, 0) is 31.4 Å². The minimum atomic E-state index is 0.736. The highest BCUT2D eigenvalue weighted by molar-refractivity contribution is 9.09. The second kappa shape index (κ2) is 5.82. The van der Waals surface area contributed by atoms with Crippen LogP contribution in [0.2, 0.25) is 0 Å². The maximum absolute atomic E-state index is 3.51. The van der Waals surface area contributed by atoms with Gasteiger partial charge in [0.2, 0.25) is 0 Å². The lowest BCUT2D eigenvalue weighted by molar-refractivity contribution is 0.770. The molecular formula is C12H17BrS. The van der Waals surface area contributed by atoms with E-state index in [0.29, 0.717) is 0 Å². The van der Waals surface area contributed by atoms with Crippen molar-refractivity contribution in [1.82, 2.24) is 0 Å². The zero-order chi connectivity index (χ0) is 10.6. The van der Waals surface area contributed by atoms with Crippen molar-refractivity contribution in [2.75, 3.05) is 11.1 Å². The first-order chi connectivity index (χ1) is 6.63. The summed E-state index contributed by atoms with van der Waals surface area (Å²) in [5.74, 6) is 1.93. The summed E-state index contributed by atoms with van der Waals surface area (Å²) < 4.78 is 0. The predicted molar refractivity (Wildman–Crippen MR) is 69.6 cm³/mol. The van der Waals surface area contributed by atoms with Crippen LogP contribution in [-0.2, 0) is 0 Å². The second-order valence-electron chi connectivity index (χ2n) is 3.84. The van der Waals surface area contributed by atoms with Crippen molar-refractivity contribution in [2.45, 2.75) is 25.7 Å². The summed E-state index contributed by atoms with van der Waals surface area (Å²) in [4.78, 5) is 1.43. The maximum atomic E-state index is 3.51. The van der Waals surface area contributed by atoms with Gasteiger partial charge in [0.05, 0.1) is 0 Å². The van der Waals surface area contributed by atoms with Crippen LogP contribution in [0.1, 0.15) is 18.1 Å². The van der Waals surface area contributed by atoms with Gasteiger partial charge < -0.3 is 0 Å². The average molecular weight is 273 g/mol. The molecule has 0 saturated carbocycles. The van der Waals surface area contributed by atoms with Crippen LogP contribution in [0.3, 0.4) is 0 Å². The Labute approximate surface area is 99.6 Å². The van der Waals surface area contributed by atoms with Gasteiger partial charge in [0.15, 0.2) is 0 Å². The molecule has 0 aliphatic rings. The molecule has 0 aromatic heterocycles. The number of rotatable bonds is 4. The molecule has 78 valence electrons. The zero-order valence-electron chi connectivity index (χ0n) is 9.01. The second-order valence-corrected chi connectivity index (χ2v) is 5.55. The summed E-state index contributed by atoms with van der Waals surface area (Å²) >= 11 is 5.47. The molecular weight excluding hydrogens is 256 g/mol. The smallest absolute Gasteiger partial charge is 0.0104 e. The Morgan fingerprint density at radius 1 is 1.36 bits per heavy atom. The third kappa shape index (κ3) is 3.66. The molecule has 0 fully saturated rings. The molecule has 1 unspecified atom stereocenters. The monoisotopic (exact) mass is 272 g/mol. The largest absolute Gasteiger partial charge is 0.126 e. The van der Waals surface area contributed by atoms with Gasteiger partial charge in [0, 0.05) is 16.0 Å². The van der Waals surface area contributed by atoms with Gasteiger partial charge in [0.1, 0.15) is 0 Å². The summed E-state index contributed by atoms with van der Waals surface area (Å²) in [5.41, 5.74) is 2.74. The minimum Gasteiger partial charge on any atom is -0.126 e. The number of hydrogen-bond acceptors (Lipinski definition) is 1. The first-order valence-corrected chi connectivity index (χ1v) is 7.00. The molecule has 2 heteroatoms. The summed E-state index contributed by atoms with van der Waals surface area (Å²) in [7, 11) is 0. The molecule has 0 aliphatic carbocycles. The van der Waals surface area contributed by atoms with Crippen LogP contribution in [0.25, 0.3) is 0 Å². The van der Waals surface area contributed by atoms with Gasteiger partial charge in [-0.2, -0.15) is 0 Å². The van der Waals surface area contributed by atoms with Crippen LogP contribution in [0.4, 0.5) is 0 Å². The molecule has 0 N–H and O–H groups in total. The van der Waals surface area contributed by atoms with Crippen LogP contribution in [0, 0.1) is 19.8 Å². The summed E-state index contributed by atoms with van der Waals surface area (Å²) in [6.45, 7) is 6.60. The van der Waals surface area contributed by atoms with Gasteiger partial charge in [-0.1, -0.05) is 40.5 Å². The van der Waals surface area contributed by atoms with Gasteiger partial charge in [-0.15, -0.1) is 11.8 Å². The Hall–Kier alpha value is 0.0500. The molecule has 0 bridgehead atoms. The number of hydrogen-bond donors (Lipinski definition) is 0. The number of thioether (sulfide) groups is 1. The SMILES string of the molecule is Cc1ccc(C)c(SCC(C)CBr)c1. The summed E-state index contributed by atoms with van der Waals surface area (Å²) in [6.07, 6.45) is 0. The number of benzene rings is 1. The van der Waals surface area contributed by atoms with E-state index in [9.17, 15) is 0 Å². The Kier molecular flexibility index (Phi) is 5.04. The van der Waals surface area contributed by atoms with E-state index in [2.05, 4.69) is 54.9 Å². The van der Waals surface area contributed by atoms with E-state index >= 15 is 0 Å². The van der Waals surface area contributed by atoms with E-state index in [0.717, 1.165) is 11.2 Å². The molecule has 1 atom stereocenters. The Morgan fingerprint density at radius 2 is 2.07 bits per heavy atom. The highest BCUT2D eigenvalue weighted by Gasteiger charge is 2.03. The van der Waals surface area contributed by atoms with Crippen molar-refractivity contribution in [2.24, 2.45) is 5.92 Å². The summed E-state index contributed by atoms with van der Waals surface area (Å²) in [6, 6.07) is 6.66. The summed E-state index contributed by atoms with van der Waals surface area (Å²) in [5, 5.41) is 1.09. The maximum Gasteiger partial charge on any atom is 0.0104 e. The highest BCUT2D eigenvalue weighted by atomic mass is 79.9. The molecule has 0 saturated heterocycles. The van der Waals surface area contributed by atoms with Crippen LogP contribution < -0.4 is 0 Å². The third-order valence-corrected chi connectivity index (χ3v) is 4.72. The Bertz CT molecular complexity index is 296. The van der Waals surface area contributed by atoms with E-state index in [4.69, 9.17) is 0 Å². The highest BCUT2D eigenvalue weighted by Crippen LogP contribution is 2.25. The van der Waals surface area contributed by atoms with E-state index < -0.39 is 0 Å². The average Bonchev–Trinajstić information content (AvgIpc) is 2.19. The van der Waals surface area contributed by atoms with Gasteiger partial charge >= 0.3 is 0 Å². The van der Waals surface area contributed by atoms with Crippen LogP contribution in [0.15, 0.2) is 23.1 Å². The first kappa shape index (κ1) is 12.1. The molecule has 0 spiro atoms.